The van der Waals surface area contributed by atoms with Crippen molar-refractivity contribution < 1.29 is 4.39 Å². The monoisotopic (exact) mass is 297 g/mol. The number of aromatic nitrogens is 1. The highest BCUT2D eigenvalue weighted by Gasteiger charge is 2.22. The molecule has 3 nitrogen and oxygen atoms in total. The van der Waals surface area contributed by atoms with E-state index in [1.165, 1.54) is 12.8 Å². The van der Waals surface area contributed by atoms with E-state index in [1.54, 1.807) is 12.3 Å². The Labute approximate surface area is 125 Å². The van der Waals surface area contributed by atoms with Crippen molar-refractivity contribution in [3.63, 3.8) is 0 Å². The van der Waals surface area contributed by atoms with E-state index in [0.717, 1.165) is 12.2 Å². The van der Waals surface area contributed by atoms with Crippen LogP contribution in [0.5, 0.6) is 0 Å². The number of halogens is 1. The van der Waals surface area contributed by atoms with Gasteiger partial charge in [0.25, 0.3) is 0 Å². The maximum absolute atomic E-state index is 14.5. The second kappa shape index (κ2) is 7.27. The molecule has 1 aromatic rings. The quantitative estimate of drug-likeness (QED) is 0.798. The maximum atomic E-state index is 14.5. The Hall–Kier alpha value is -0.810. The molecule has 0 amide bonds. The van der Waals surface area contributed by atoms with Gasteiger partial charge < -0.3 is 10.2 Å². The average molecular weight is 297 g/mol. The van der Waals surface area contributed by atoms with Crippen LogP contribution in [0.3, 0.4) is 0 Å². The number of nitrogens with one attached hydrogen (secondary N) is 1. The first kappa shape index (κ1) is 15.6. The lowest BCUT2D eigenvalue weighted by molar-refractivity contribution is 0.564. The molecule has 5 heteroatoms. The fourth-order valence-electron chi connectivity index (χ4n) is 2.09. The summed E-state index contributed by atoms with van der Waals surface area (Å²) in [4.78, 5) is 6.18. The van der Waals surface area contributed by atoms with Gasteiger partial charge in [-0.15, -0.1) is 0 Å². The molecule has 0 radical (unpaired) electrons. The van der Waals surface area contributed by atoms with Crippen LogP contribution in [0.2, 0.25) is 0 Å². The molecule has 1 aliphatic rings. The third kappa shape index (κ3) is 4.09. The number of anilines is 1. The van der Waals surface area contributed by atoms with Crippen molar-refractivity contribution in [3.05, 3.63) is 23.6 Å². The summed E-state index contributed by atoms with van der Waals surface area (Å²) in [5.74, 6) is 1.36. The molecule has 1 atom stereocenters. The summed E-state index contributed by atoms with van der Waals surface area (Å²) in [6, 6.07) is 2.65. The van der Waals surface area contributed by atoms with Crippen molar-refractivity contribution in [1.29, 1.82) is 0 Å². The smallest absolute Gasteiger partial charge is 0.170 e. The van der Waals surface area contributed by atoms with E-state index >= 15 is 0 Å². The molecule has 0 spiro atoms. The van der Waals surface area contributed by atoms with Crippen molar-refractivity contribution in [2.45, 2.75) is 44.8 Å². The molecular formula is C15H24FN3S. The summed E-state index contributed by atoms with van der Waals surface area (Å²) in [5.41, 5.74) is 0.714. The summed E-state index contributed by atoms with van der Waals surface area (Å²) in [6.45, 7) is 2.71. The zero-order valence-corrected chi connectivity index (χ0v) is 13.3. The van der Waals surface area contributed by atoms with Gasteiger partial charge in [-0.05, 0) is 44.3 Å². The van der Waals surface area contributed by atoms with Gasteiger partial charge in [0.15, 0.2) is 11.6 Å². The predicted molar refractivity (Wildman–Crippen MR) is 84.9 cm³/mol. The van der Waals surface area contributed by atoms with Crippen LogP contribution >= 0.6 is 11.8 Å². The van der Waals surface area contributed by atoms with E-state index < -0.39 is 0 Å². The van der Waals surface area contributed by atoms with Crippen molar-refractivity contribution in [3.8, 4) is 0 Å². The molecule has 1 aromatic heterocycles. The van der Waals surface area contributed by atoms with Gasteiger partial charge in [0.1, 0.15) is 0 Å². The Morgan fingerprint density at radius 1 is 1.55 bits per heavy atom. The van der Waals surface area contributed by atoms with Crippen LogP contribution in [0.4, 0.5) is 10.2 Å². The van der Waals surface area contributed by atoms with Gasteiger partial charge in [-0.1, -0.05) is 0 Å². The van der Waals surface area contributed by atoms with Gasteiger partial charge in [0.2, 0.25) is 0 Å². The molecule has 1 N–H and O–H groups in total. The largest absolute Gasteiger partial charge is 0.355 e. The molecule has 2 rings (SSSR count). The van der Waals surface area contributed by atoms with E-state index in [2.05, 4.69) is 23.5 Å². The summed E-state index contributed by atoms with van der Waals surface area (Å²) < 4.78 is 14.5. The molecule has 20 heavy (non-hydrogen) atoms. The van der Waals surface area contributed by atoms with Crippen molar-refractivity contribution in [2.75, 3.05) is 24.0 Å². The Balaban J connectivity index is 2.03. The first-order valence-corrected chi connectivity index (χ1v) is 8.61. The molecule has 0 aliphatic heterocycles. The average Bonchev–Trinajstić information content (AvgIpc) is 3.27. The number of rotatable bonds is 8. The zero-order chi connectivity index (χ0) is 14.5. The summed E-state index contributed by atoms with van der Waals surface area (Å²) >= 11 is 1.82. The van der Waals surface area contributed by atoms with Crippen LogP contribution in [0.1, 0.15) is 31.7 Å². The number of hydrogen-bond donors (Lipinski definition) is 1. The molecule has 112 valence electrons. The van der Waals surface area contributed by atoms with Crippen LogP contribution in [0, 0.1) is 5.82 Å². The second-order valence-corrected chi connectivity index (χ2v) is 6.49. The molecule has 1 heterocycles. The van der Waals surface area contributed by atoms with Crippen molar-refractivity contribution >= 4 is 17.6 Å². The van der Waals surface area contributed by atoms with E-state index in [9.17, 15) is 4.39 Å². The molecule has 0 bridgehead atoms. The van der Waals surface area contributed by atoms with Gasteiger partial charge >= 0.3 is 0 Å². The van der Waals surface area contributed by atoms with E-state index in [0.29, 0.717) is 24.0 Å². The van der Waals surface area contributed by atoms with Gasteiger partial charge in [-0.3, -0.25) is 0 Å². The molecule has 0 saturated heterocycles. The topological polar surface area (TPSA) is 28.2 Å². The van der Waals surface area contributed by atoms with Crippen molar-refractivity contribution in [1.82, 2.24) is 10.3 Å². The zero-order valence-electron chi connectivity index (χ0n) is 12.5. The van der Waals surface area contributed by atoms with Crippen LogP contribution in [0.25, 0.3) is 0 Å². The molecule has 1 fully saturated rings. The molecular weight excluding hydrogens is 273 g/mol. The highest BCUT2D eigenvalue weighted by molar-refractivity contribution is 7.98. The standard InChI is InChI=1S/C15H24FN3S/c1-11(7-9-20-3)19(2)15-14(16)12(6-8-17-15)10-18-13-4-5-13/h6,8,11,13,18H,4-5,7,9-10H2,1-3H3. The van der Waals surface area contributed by atoms with Gasteiger partial charge in [0, 0.05) is 37.4 Å². The maximum Gasteiger partial charge on any atom is 0.170 e. The van der Waals surface area contributed by atoms with Crippen LogP contribution in [-0.2, 0) is 6.54 Å². The number of pyridine rings is 1. The van der Waals surface area contributed by atoms with E-state index in [4.69, 9.17) is 0 Å². The normalized spacial score (nSPS) is 16.2. The highest BCUT2D eigenvalue weighted by atomic mass is 32.2. The molecule has 1 unspecified atom stereocenters. The predicted octanol–water partition coefficient (Wildman–Crippen LogP) is 3.05. The minimum Gasteiger partial charge on any atom is -0.355 e. The SMILES string of the molecule is CSCCC(C)N(C)c1nccc(CNC2CC2)c1F. The number of thioether (sulfide) groups is 1. The Kier molecular flexibility index (Phi) is 5.66. The fraction of sp³-hybridized carbons (Fsp3) is 0.667. The van der Waals surface area contributed by atoms with E-state index in [-0.39, 0.29) is 11.9 Å². The minimum atomic E-state index is -0.181. The first-order valence-electron chi connectivity index (χ1n) is 7.22. The Bertz CT molecular complexity index is 437. The van der Waals surface area contributed by atoms with E-state index in [1.807, 2.05) is 23.7 Å². The lowest BCUT2D eigenvalue weighted by Crippen LogP contribution is -2.31. The second-order valence-electron chi connectivity index (χ2n) is 5.50. The van der Waals surface area contributed by atoms with Crippen LogP contribution in [-0.4, -0.2) is 36.1 Å². The number of hydrogen-bond acceptors (Lipinski definition) is 4. The minimum absolute atomic E-state index is 0.181. The Morgan fingerprint density at radius 2 is 2.30 bits per heavy atom. The van der Waals surface area contributed by atoms with Gasteiger partial charge in [0.05, 0.1) is 0 Å². The molecule has 0 aromatic carbocycles. The number of nitrogens with zero attached hydrogens (tertiary/aromatic N) is 2. The van der Waals surface area contributed by atoms with Crippen LogP contribution < -0.4 is 10.2 Å². The van der Waals surface area contributed by atoms with Gasteiger partial charge in [-0.2, -0.15) is 11.8 Å². The molecule has 1 saturated carbocycles. The highest BCUT2D eigenvalue weighted by Crippen LogP contribution is 2.23. The lowest BCUT2D eigenvalue weighted by atomic mass is 10.2. The van der Waals surface area contributed by atoms with Gasteiger partial charge in [-0.25, -0.2) is 9.37 Å². The Morgan fingerprint density at radius 3 is 2.95 bits per heavy atom. The van der Waals surface area contributed by atoms with Crippen LogP contribution in [0.15, 0.2) is 12.3 Å². The summed E-state index contributed by atoms with van der Waals surface area (Å²) in [5, 5.41) is 3.35. The molecule has 1 aliphatic carbocycles. The first-order chi connectivity index (χ1) is 9.63. The fourth-order valence-corrected chi connectivity index (χ4v) is 2.66. The lowest BCUT2D eigenvalue weighted by Gasteiger charge is -2.26. The summed E-state index contributed by atoms with van der Waals surface area (Å²) in [6.07, 6.45) is 7.26. The summed E-state index contributed by atoms with van der Waals surface area (Å²) in [7, 11) is 1.93. The van der Waals surface area contributed by atoms with Crippen molar-refractivity contribution in [2.24, 2.45) is 0 Å². The third-order valence-electron chi connectivity index (χ3n) is 3.84. The third-order valence-corrected chi connectivity index (χ3v) is 4.49.